The summed E-state index contributed by atoms with van der Waals surface area (Å²) in [6.07, 6.45) is 4.81. The molecule has 0 unspecified atom stereocenters. The molecular weight excluding hydrogens is 302 g/mol. The fraction of sp³-hybridized carbons (Fsp3) is 0.167. The highest BCUT2D eigenvalue weighted by Crippen LogP contribution is 2.25. The maximum atomic E-state index is 11.9. The van der Waals surface area contributed by atoms with Gasteiger partial charge in [0, 0.05) is 55.1 Å². The van der Waals surface area contributed by atoms with Gasteiger partial charge in [0.25, 0.3) is 0 Å². The minimum absolute atomic E-state index is 0.202. The van der Waals surface area contributed by atoms with Crippen LogP contribution in [-0.2, 0) is 4.79 Å². The van der Waals surface area contributed by atoms with Gasteiger partial charge in [-0.2, -0.15) is 0 Å². The van der Waals surface area contributed by atoms with Gasteiger partial charge < -0.3 is 21.4 Å². The van der Waals surface area contributed by atoms with Gasteiger partial charge in [-0.25, -0.2) is 4.98 Å². The molecule has 2 aromatic rings. The van der Waals surface area contributed by atoms with Crippen molar-refractivity contribution in [2.24, 2.45) is 0 Å². The maximum absolute atomic E-state index is 11.9. The minimum Gasteiger partial charge on any atom is -0.383 e. The molecule has 0 bridgehead atoms. The van der Waals surface area contributed by atoms with Crippen molar-refractivity contribution in [3.63, 3.8) is 0 Å². The molecule has 0 radical (unpaired) electrons. The first-order chi connectivity index (χ1) is 11.4. The quantitative estimate of drug-likeness (QED) is 0.582. The molecule has 0 atom stereocenters. The Morgan fingerprint density at radius 1 is 1.29 bits per heavy atom. The lowest BCUT2D eigenvalue weighted by atomic mass is 10.0. The Kier molecular flexibility index (Phi) is 5.31. The molecule has 1 aromatic heterocycles. The summed E-state index contributed by atoms with van der Waals surface area (Å²) in [7, 11) is 3.70. The number of nitrogens with one attached hydrogen (secondary N) is 2. The van der Waals surface area contributed by atoms with E-state index >= 15 is 0 Å². The van der Waals surface area contributed by atoms with Gasteiger partial charge in [0.2, 0.25) is 5.91 Å². The standard InChI is InChI=1S/C18H21N5O/c1-12(19)16-10-14(11-21-18(16)20)13-5-4-6-15(9-13)22-17(24)7-8-23(2)3/h4-11,19H,1-3H3,(H2,20,21)(H,22,24)/b8-7+,19-12?. The molecule has 6 heteroatoms. The van der Waals surface area contributed by atoms with Crippen molar-refractivity contribution in [1.29, 1.82) is 5.41 Å². The molecule has 0 saturated heterocycles. The van der Waals surface area contributed by atoms with Crippen molar-refractivity contribution in [2.45, 2.75) is 6.92 Å². The summed E-state index contributed by atoms with van der Waals surface area (Å²) < 4.78 is 0. The number of benzene rings is 1. The van der Waals surface area contributed by atoms with Gasteiger partial charge in [-0.15, -0.1) is 0 Å². The van der Waals surface area contributed by atoms with E-state index in [0.29, 0.717) is 22.8 Å². The summed E-state index contributed by atoms with van der Waals surface area (Å²) in [6.45, 7) is 1.67. The lowest BCUT2D eigenvalue weighted by molar-refractivity contribution is -0.112. The van der Waals surface area contributed by atoms with E-state index in [0.717, 1.165) is 11.1 Å². The number of carbonyl (C=O) groups is 1. The number of hydrogen-bond acceptors (Lipinski definition) is 5. The zero-order valence-electron chi connectivity index (χ0n) is 14.0. The van der Waals surface area contributed by atoms with E-state index < -0.39 is 0 Å². The van der Waals surface area contributed by atoms with Gasteiger partial charge in [0.1, 0.15) is 5.82 Å². The van der Waals surface area contributed by atoms with Crippen LogP contribution in [0.5, 0.6) is 0 Å². The van der Waals surface area contributed by atoms with Crippen molar-refractivity contribution in [3.8, 4) is 11.1 Å². The number of pyridine rings is 1. The molecule has 0 aliphatic heterocycles. The van der Waals surface area contributed by atoms with Crippen molar-refractivity contribution >= 4 is 23.1 Å². The van der Waals surface area contributed by atoms with Crippen LogP contribution in [0.15, 0.2) is 48.8 Å². The third-order valence-electron chi connectivity index (χ3n) is 3.31. The number of nitrogen functional groups attached to an aromatic ring is 1. The third kappa shape index (κ3) is 4.42. The van der Waals surface area contributed by atoms with Gasteiger partial charge in [0.05, 0.1) is 0 Å². The first kappa shape index (κ1) is 17.2. The molecule has 0 saturated carbocycles. The monoisotopic (exact) mass is 323 g/mol. The topological polar surface area (TPSA) is 95.1 Å². The highest BCUT2D eigenvalue weighted by Gasteiger charge is 2.07. The SMILES string of the molecule is CC(=N)c1cc(-c2cccc(NC(=O)/C=C/N(C)C)c2)cnc1N. The van der Waals surface area contributed by atoms with Crippen molar-refractivity contribution in [2.75, 3.05) is 25.1 Å². The van der Waals surface area contributed by atoms with Crippen LogP contribution < -0.4 is 11.1 Å². The number of amides is 1. The zero-order chi connectivity index (χ0) is 17.7. The number of nitrogens with zero attached hydrogens (tertiary/aromatic N) is 2. The van der Waals surface area contributed by atoms with Crippen LogP contribution in [0.4, 0.5) is 11.5 Å². The maximum Gasteiger partial charge on any atom is 0.249 e. The van der Waals surface area contributed by atoms with E-state index in [-0.39, 0.29) is 5.91 Å². The van der Waals surface area contributed by atoms with E-state index in [4.69, 9.17) is 11.1 Å². The molecule has 1 heterocycles. The summed E-state index contributed by atoms with van der Waals surface area (Å²) in [5.74, 6) is 0.136. The molecule has 6 nitrogen and oxygen atoms in total. The Balaban J connectivity index is 2.26. The Labute approximate surface area is 141 Å². The second-order valence-electron chi connectivity index (χ2n) is 5.63. The molecule has 24 heavy (non-hydrogen) atoms. The first-order valence-electron chi connectivity index (χ1n) is 7.44. The normalized spacial score (nSPS) is 10.6. The number of anilines is 2. The van der Waals surface area contributed by atoms with E-state index in [1.54, 1.807) is 24.2 Å². The average Bonchev–Trinajstić information content (AvgIpc) is 2.53. The number of nitrogens with two attached hydrogens (primary N) is 1. The lowest BCUT2D eigenvalue weighted by Crippen LogP contribution is -2.10. The molecule has 0 aliphatic carbocycles. The fourth-order valence-electron chi connectivity index (χ4n) is 2.11. The predicted octanol–water partition coefficient (Wildman–Crippen LogP) is 2.73. The largest absolute Gasteiger partial charge is 0.383 e. The van der Waals surface area contributed by atoms with Crippen molar-refractivity contribution in [3.05, 3.63) is 54.4 Å². The molecule has 0 fully saturated rings. The number of carbonyl (C=O) groups excluding carboxylic acids is 1. The molecule has 0 spiro atoms. The van der Waals surface area contributed by atoms with Crippen LogP contribution in [0.3, 0.4) is 0 Å². The van der Waals surface area contributed by atoms with Crippen LogP contribution >= 0.6 is 0 Å². The Morgan fingerprint density at radius 3 is 2.71 bits per heavy atom. The molecule has 1 amide bonds. The lowest BCUT2D eigenvalue weighted by Gasteiger charge is -2.09. The van der Waals surface area contributed by atoms with Gasteiger partial charge in [-0.1, -0.05) is 12.1 Å². The predicted molar refractivity (Wildman–Crippen MR) is 98.0 cm³/mol. The number of hydrogen-bond donors (Lipinski definition) is 3. The Hall–Kier alpha value is -3.15. The zero-order valence-corrected chi connectivity index (χ0v) is 14.0. The van der Waals surface area contributed by atoms with Gasteiger partial charge >= 0.3 is 0 Å². The highest BCUT2D eigenvalue weighted by atomic mass is 16.1. The summed E-state index contributed by atoms with van der Waals surface area (Å²) in [4.78, 5) is 17.8. The summed E-state index contributed by atoms with van der Waals surface area (Å²) in [5, 5.41) is 10.6. The summed E-state index contributed by atoms with van der Waals surface area (Å²) >= 11 is 0. The highest BCUT2D eigenvalue weighted by molar-refractivity contribution is 6.01. The number of aromatic nitrogens is 1. The second-order valence-corrected chi connectivity index (χ2v) is 5.63. The Bertz CT molecular complexity index is 796. The summed E-state index contributed by atoms with van der Waals surface area (Å²) in [5.41, 5.74) is 9.18. The average molecular weight is 323 g/mol. The molecule has 2 rings (SSSR count). The molecule has 0 aliphatic rings. The molecule has 4 N–H and O–H groups in total. The second kappa shape index (κ2) is 7.41. The van der Waals surface area contributed by atoms with Gasteiger partial charge in [-0.3, -0.25) is 4.79 Å². The first-order valence-corrected chi connectivity index (χ1v) is 7.44. The molecule has 124 valence electrons. The van der Waals surface area contributed by atoms with Gasteiger partial charge in [-0.05, 0) is 30.7 Å². The van der Waals surface area contributed by atoms with E-state index in [1.165, 1.54) is 6.08 Å². The van der Waals surface area contributed by atoms with Crippen LogP contribution in [0.1, 0.15) is 12.5 Å². The summed E-state index contributed by atoms with van der Waals surface area (Å²) in [6, 6.07) is 9.28. The van der Waals surface area contributed by atoms with Crippen molar-refractivity contribution < 1.29 is 4.79 Å². The smallest absolute Gasteiger partial charge is 0.249 e. The fourth-order valence-corrected chi connectivity index (χ4v) is 2.11. The van der Waals surface area contributed by atoms with E-state index in [9.17, 15) is 4.79 Å². The third-order valence-corrected chi connectivity index (χ3v) is 3.31. The molecular formula is C18H21N5O. The van der Waals surface area contributed by atoms with E-state index in [1.807, 2.05) is 44.4 Å². The van der Waals surface area contributed by atoms with Crippen LogP contribution in [0.2, 0.25) is 0 Å². The van der Waals surface area contributed by atoms with Crippen LogP contribution in [0, 0.1) is 5.41 Å². The molecule has 1 aromatic carbocycles. The number of rotatable bonds is 5. The van der Waals surface area contributed by atoms with Gasteiger partial charge in [0.15, 0.2) is 0 Å². The van der Waals surface area contributed by atoms with Crippen LogP contribution in [0.25, 0.3) is 11.1 Å². The minimum atomic E-state index is -0.202. The Morgan fingerprint density at radius 2 is 2.04 bits per heavy atom. The van der Waals surface area contributed by atoms with Crippen LogP contribution in [-0.4, -0.2) is 35.6 Å². The van der Waals surface area contributed by atoms with Crippen molar-refractivity contribution in [1.82, 2.24) is 9.88 Å². The van der Waals surface area contributed by atoms with E-state index in [2.05, 4.69) is 10.3 Å².